The van der Waals surface area contributed by atoms with Crippen molar-refractivity contribution in [2.75, 3.05) is 6.61 Å². The van der Waals surface area contributed by atoms with Gasteiger partial charge in [-0.3, -0.25) is 0 Å². The van der Waals surface area contributed by atoms with Crippen LogP contribution in [0.4, 0.5) is 0 Å². The molecule has 0 spiro atoms. The van der Waals surface area contributed by atoms with E-state index < -0.39 is 6.10 Å². The van der Waals surface area contributed by atoms with E-state index in [1.54, 1.807) is 0 Å². The van der Waals surface area contributed by atoms with Gasteiger partial charge in [0, 0.05) is 0 Å². The minimum absolute atomic E-state index is 0.273. The number of rotatable bonds is 4. The summed E-state index contributed by atoms with van der Waals surface area (Å²) in [5, 5.41) is 10.5. The summed E-state index contributed by atoms with van der Waals surface area (Å²) in [5.74, 6) is 0.844. The van der Waals surface area contributed by atoms with Crippen molar-refractivity contribution in [3.05, 3.63) is 63.7 Å². The molecule has 0 heterocycles. The van der Waals surface area contributed by atoms with Gasteiger partial charge in [-0.25, -0.2) is 0 Å². The van der Waals surface area contributed by atoms with Crippen molar-refractivity contribution < 1.29 is 9.84 Å². The highest BCUT2D eigenvalue weighted by Gasteiger charge is 2.15. The second-order valence-corrected chi connectivity index (χ2v) is 5.84. The van der Waals surface area contributed by atoms with E-state index in [-0.39, 0.29) is 6.61 Å². The molecule has 0 amide bonds. The summed E-state index contributed by atoms with van der Waals surface area (Å²) in [5.41, 5.74) is 6.75. The van der Waals surface area contributed by atoms with E-state index in [1.807, 2.05) is 32.9 Å². The van der Waals surface area contributed by atoms with Crippen LogP contribution >= 0.6 is 0 Å². The molecule has 0 aliphatic heterocycles. The Balaban J connectivity index is 2.16. The Hall–Kier alpha value is -1.80. The van der Waals surface area contributed by atoms with Gasteiger partial charge < -0.3 is 9.84 Å². The Morgan fingerprint density at radius 1 is 0.952 bits per heavy atom. The maximum atomic E-state index is 10.5. The van der Waals surface area contributed by atoms with E-state index in [4.69, 9.17) is 4.74 Å². The number of aliphatic hydroxyl groups is 1. The van der Waals surface area contributed by atoms with Crippen molar-refractivity contribution in [1.29, 1.82) is 0 Å². The minimum Gasteiger partial charge on any atom is -0.490 e. The molecule has 0 aromatic heterocycles. The first-order valence-electron chi connectivity index (χ1n) is 7.35. The molecular formula is C19H24O2. The molecule has 1 N–H and O–H groups in total. The molecule has 1 atom stereocenters. The molecule has 1 unspecified atom stereocenters. The number of aliphatic hydroxyl groups excluding tert-OH is 1. The zero-order valence-electron chi connectivity index (χ0n) is 13.5. The van der Waals surface area contributed by atoms with Gasteiger partial charge in [0.15, 0.2) is 0 Å². The summed E-state index contributed by atoms with van der Waals surface area (Å²) in [4.78, 5) is 0. The molecule has 0 radical (unpaired) electrons. The van der Waals surface area contributed by atoms with Gasteiger partial charge in [0.25, 0.3) is 0 Å². The van der Waals surface area contributed by atoms with E-state index in [9.17, 15) is 5.11 Å². The lowest BCUT2D eigenvalue weighted by Crippen LogP contribution is -2.13. The Kier molecular flexibility index (Phi) is 4.69. The lowest BCUT2D eigenvalue weighted by Gasteiger charge is -2.19. The van der Waals surface area contributed by atoms with Gasteiger partial charge in [0.1, 0.15) is 18.5 Å². The van der Waals surface area contributed by atoms with E-state index in [1.165, 1.54) is 11.1 Å². The minimum atomic E-state index is -0.606. The molecular weight excluding hydrogens is 260 g/mol. The summed E-state index contributed by atoms with van der Waals surface area (Å²) in [6.45, 7) is 10.5. The zero-order valence-corrected chi connectivity index (χ0v) is 13.5. The van der Waals surface area contributed by atoms with Gasteiger partial charge in [0.05, 0.1) is 0 Å². The summed E-state index contributed by atoms with van der Waals surface area (Å²) < 4.78 is 5.82. The second kappa shape index (κ2) is 6.31. The third-order valence-electron chi connectivity index (χ3n) is 4.02. The Morgan fingerprint density at radius 3 is 2.19 bits per heavy atom. The molecule has 0 bridgehead atoms. The van der Waals surface area contributed by atoms with Gasteiger partial charge >= 0.3 is 0 Å². The predicted molar refractivity (Wildman–Crippen MR) is 87.0 cm³/mol. The normalized spacial score (nSPS) is 12.3. The third kappa shape index (κ3) is 3.45. The van der Waals surface area contributed by atoms with Crippen molar-refractivity contribution in [2.24, 2.45) is 0 Å². The molecule has 2 aromatic carbocycles. The van der Waals surface area contributed by atoms with E-state index in [0.717, 1.165) is 28.0 Å². The van der Waals surface area contributed by atoms with Gasteiger partial charge in [-0.1, -0.05) is 29.8 Å². The molecule has 112 valence electrons. The van der Waals surface area contributed by atoms with Crippen molar-refractivity contribution in [3.8, 4) is 5.75 Å². The number of ether oxygens (including phenoxy) is 1. The summed E-state index contributed by atoms with van der Waals surface area (Å²) in [6, 6.07) is 10.2. The van der Waals surface area contributed by atoms with Crippen LogP contribution in [0, 0.1) is 34.6 Å². The topological polar surface area (TPSA) is 29.5 Å². The zero-order chi connectivity index (χ0) is 15.6. The molecule has 2 aromatic rings. The average Bonchev–Trinajstić information content (AvgIpc) is 2.39. The summed E-state index contributed by atoms with van der Waals surface area (Å²) in [6.07, 6.45) is -0.606. The quantitative estimate of drug-likeness (QED) is 0.905. The molecule has 0 saturated carbocycles. The van der Waals surface area contributed by atoms with Crippen LogP contribution < -0.4 is 4.74 Å². The standard InChI is InChI=1S/C19H24O2/c1-12-9-14(3)19(15(4)10-12)17(20)11-21-18-8-6-7-13(2)16(18)5/h6-10,17,20H,11H2,1-5H3. The van der Waals surface area contributed by atoms with Crippen LogP contribution in [0.25, 0.3) is 0 Å². The number of aryl methyl sites for hydroxylation is 4. The first kappa shape index (κ1) is 15.6. The Morgan fingerprint density at radius 2 is 1.57 bits per heavy atom. The molecule has 0 aliphatic carbocycles. The largest absolute Gasteiger partial charge is 0.490 e. The molecule has 0 saturated heterocycles. The third-order valence-corrected chi connectivity index (χ3v) is 4.02. The van der Waals surface area contributed by atoms with Gasteiger partial charge in [0.2, 0.25) is 0 Å². The predicted octanol–water partition coefficient (Wildman–Crippen LogP) is 4.34. The molecule has 0 fully saturated rings. The maximum absolute atomic E-state index is 10.5. The van der Waals surface area contributed by atoms with Crippen LogP contribution in [0.3, 0.4) is 0 Å². The smallest absolute Gasteiger partial charge is 0.122 e. The number of benzene rings is 2. The fourth-order valence-corrected chi connectivity index (χ4v) is 2.85. The maximum Gasteiger partial charge on any atom is 0.122 e. The fourth-order valence-electron chi connectivity index (χ4n) is 2.85. The van der Waals surface area contributed by atoms with Crippen LogP contribution in [0.5, 0.6) is 5.75 Å². The second-order valence-electron chi connectivity index (χ2n) is 5.84. The van der Waals surface area contributed by atoms with E-state index in [0.29, 0.717) is 0 Å². The van der Waals surface area contributed by atoms with Gasteiger partial charge in [-0.15, -0.1) is 0 Å². The van der Waals surface area contributed by atoms with Crippen LogP contribution in [0.15, 0.2) is 30.3 Å². The first-order valence-corrected chi connectivity index (χ1v) is 7.35. The van der Waals surface area contributed by atoms with E-state index in [2.05, 4.69) is 32.0 Å². The van der Waals surface area contributed by atoms with Crippen molar-refractivity contribution in [2.45, 2.75) is 40.7 Å². The first-order chi connectivity index (χ1) is 9.90. The lowest BCUT2D eigenvalue weighted by atomic mass is 9.96. The number of hydrogen-bond acceptors (Lipinski definition) is 2. The molecule has 21 heavy (non-hydrogen) atoms. The van der Waals surface area contributed by atoms with Crippen molar-refractivity contribution >= 4 is 0 Å². The summed E-state index contributed by atoms with van der Waals surface area (Å²) in [7, 11) is 0. The highest BCUT2D eigenvalue weighted by atomic mass is 16.5. The Labute approximate surface area is 127 Å². The number of hydrogen-bond donors (Lipinski definition) is 1. The highest BCUT2D eigenvalue weighted by molar-refractivity contribution is 5.40. The van der Waals surface area contributed by atoms with Crippen molar-refractivity contribution in [3.63, 3.8) is 0 Å². The SMILES string of the molecule is Cc1cc(C)c(C(O)COc2cccc(C)c2C)c(C)c1. The highest BCUT2D eigenvalue weighted by Crippen LogP contribution is 2.26. The monoisotopic (exact) mass is 284 g/mol. The summed E-state index contributed by atoms with van der Waals surface area (Å²) >= 11 is 0. The van der Waals surface area contributed by atoms with Crippen LogP contribution in [0.2, 0.25) is 0 Å². The molecule has 2 rings (SSSR count). The van der Waals surface area contributed by atoms with Crippen molar-refractivity contribution in [1.82, 2.24) is 0 Å². The van der Waals surface area contributed by atoms with Gasteiger partial charge in [-0.2, -0.15) is 0 Å². The van der Waals surface area contributed by atoms with Crippen LogP contribution in [0.1, 0.15) is 39.5 Å². The Bertz CT molecular complexity index is 621. The van der Waals surface area contributed by atoms with E-state index >= 15 is 0 Å². The average molecular weight is 284 g/mol. The van der Waals surface area contributed by atoms with Crippen LogP contribution in [-0.4, -0.2) is 11.7 Å². The molecule has 2 nitrogen and oxygen atoms in total. The fraction of sp³-hybridized carbons (Fsp3) is 0.368. The molecule has 2 heteroatoms. The van der Waals surface area contributed by atoms with Gasteiger partial charge in [-0.05, 0) is 68.5 Å². The van der Waals surface area contributed by atoms with Crippen LogP contribution in [-0.2, 0) is 0 Å². The molecule has 0 aliphatic rings. The lowest BCUT2D eigenvalue weighted by molar-refractivity contribution is 0.107.